The van der Waals surface area contributed by atoms with Crippen molar-refractivity contribution in [2.75, 3.05) is 13.2 Å². The van der Waals surface area contributed by atoms with Gasteiger partial charge in [-0.3, -0.25) is 4.79 Å². The lowest BCUT2D eigenvalue weighted by Crippen LogP contribution is -2.78. The fourth-order valence-electron chi connectivity index (χ4n) is 3.29. The van der Waals surface area contributed by atoms with Crippen LogP contribution in [0, 0.1) is 0 Å². The van der Waals surface area contributed by atoms with E-state index in [1.807, 2.05) is 0 Å². The third-order valence-electron chi connectivity index (χ3n) is 4.70. The lowest BCUT2D eigenvalue weighted by Gasteiger charge is -2.54. The Balaban J connectivity index is 2.43. The third-order valence-corrected chi connectivity index (χ3v) is 4.70. The summed E-state index contributed by atoms with van der Waals surface area (Å²) in [6.45, 7) is -0.549. The monoisotopic (exact) mass is 383 g/mol. The average Bonchev–Trinajstić information content (AvgIpc) is 2.60. The molecular formula is C14H25NO11. The summed E-state index contributed by atoms with van der Waals surface area (Å²) in [6.07, 6.45) is -13.8. The highest BCUT2D eigenvalue weighted by atomic mass is 16.7. The molecule has 26 heavy (non-hydrogen) atoms. The van der Waals surface area contributed by atoms with E-state index in [9.17, 15) is 45.6 Å². The molecule has 0 saturated carbocycles. The summed E-state index contributed by atoms with van der Waals surface area (Å²) in [5.74, 6) is -3.44. The number of hydrogen-bond acceptors (Lipinski definition) is 11. The highest BCUT2D eigenvalue weighted by Gasteiger charge is 2.62. The Morgan fingerprint density at radius 2 is 1.46 bits per heavy atom. The number of aliphatic hydroxyl groups is 8. The van der Waals surface area contributed by atoms with E-state index >= 15 is 0 Å². The van der Waals surface area contributed by atoms with Crippen molar-refractivity contribution in [1.82, 2.24) is 5.32 Å². The quantitative estimate of drug-likeness (QED) is 0.223. The first-order valence-electron chi connectivity index (χ1n) is 8.03. The van der Waals surface area contributed by atoms with Crippen LogP contribution < -0.4 is 5.32 Å². The second-order valence-electron chi connectivity index (χ2n) is 6.50. The van der Waals surface area contributed by atoms with Crippen LogP contribution in [0.3, 0.4) is 0 Å². The van der Waals surface area contributed by atoms with Gasteiger partial charge in [-0.15, -0.1) is 0 Å². The molecule has 0 aliphatic carbocycles. The number of amides is 1. The molecule has 2 aliphatic heterocycles. The number of hydrogen-bond donors (Lipinski definition) is 9. The maximum Gasteiger partial charge on any atom is 0.219 e. The smallest absolute Gasteiger partial charge is 0.219 e. The zero-order chi connectivity index (χ0) is 19.8. The Kier molecular flexibility index (Phi) is 6.56. The third kappa shape index (κ3) is 3.57. The van der Waals surface area contributed by atoms with Gasteiger partial charge in [0.2, 0.25) is 11.7 Å². The van der Waals surface area contributed by atoms with Gasteiger partial charge in [0.15, 0.2) is 0 Å². The lowest BCUT2D eigenvalue weighted by molar-refractivity contribution is -0.385. The molecule has 2 aliphatic rings. The normalized spacial score (nSPS) is 49.7. The highest BCUT2D eigenvalue weighted by Crippen LogP contribution is 2.37. The molecule has 10 atom stereocenters. The largest absolute Gasteiger partial charge is 0.394 e. The van der Waals surface area contributed by atoms with Crippen LogP contribution in [-0.2, 0) is 14.3 Å². The van der Waals surface area contributed by atoms with E-state index in [4.69, 9.17) is 9.47 Å². The predicted molar refractivity (Wildman–Crippen MR) is 80.3 cm³/mol. The van der Waals surface area contributed by atoms with Crippen LogP contribution in [0.5, 0.6) is 0 Å². The van der Waals surface area contributed by atoms with Crippen LogP contribution >= 0.6 is 0 Å². The Morgan fingerprint density at radius 3 is 1.96 bits per heavy atom. The summed E-state index contributed by atoms with van der Waals surface area (Å²) in [5.41, 5.74) is 0. The number of rotatable bonds is 4. The first-order chi connectivity index (χ1) is 12.1. The molecule has 152 valence electrons. The molecule has 0 spiro atoms. The molecule has 1 amide bonds. The Hall–Kier alpha value is -0.930. The molecule has 12 heteroatoms. The average molecular weight is 383 g/mol. The van der Waals surface area contributed by atoms with Crippen molar-refractivity contribution in [3.63, 3.8) is 0 Å². The summed E-state index contributed by atoms with van der Waals surface area (Å²) in [7, 11) is 0. The molecule has 2 heterocycles. The molecule has 0 aromatic carbocycles. The lowest BCUT2D eigenvalue weighted by atomic mass is 9.81. The first-order valence-corrected chi connectivity index (χ1v) is 8.03. The summed E-state index contributed by atoms with van der Waals surface area (Å²) < 4.78 is 10.5. The molecule has 2 fully saturated rings. The van der Waals surface area contributed by atoms with Crippen molar-refractivity contribution < 1.29 is 55.1 Å². The Morgan fingerprint density at radius 1 is 0.923 bits per heavy atom. The maximum atomic E-state index is 11.5. The Labute approximate surface area is 148 Å². The van der Waals surface area contributed by atoms with E-state index in [1.165, 1.54) is 0 Å². The van der Waals surface area contributed by atoms with E-state index in [0.717, 1.165) is 6.92 Å². The SMILES string of the molecule is CC(=O)N[C@@H]1[C@@H](O)[C@@H](O)[C@@H](CO)OC1(O)[C@@H]1O[C@H](CO)[C@H](O)[C@H](O)[C@H]1O. The number of aliphatic hydroxyl groups excluding tert-OH is 7. The van der Waals surface area contributed by atoms with Gasteiger partial charge >= 0.3 is 0 Å². The summed E-state index contributed by atoms with van der Waals surface area (Å²) >= 11 is 0. The van der Waals surface area contributed by atoms with Crippen LogP contribution in [-0.4, -0.2) is 121 Å². The van der Waals surface area contributed by atoms with Crippen molar-refractivity contribution in [3.05, 3.63) is 0 Å². The van der Waals surface area contributed by atoms with E-state index < -0.39 is 79.8 Å². The standard InChI is InChI=1S/C14H25NO11/c1-4(18)15-12-10(22)8(20)6(3-17)26-14(12,24)13-11(23)9(21)7(19)5(2-16)25-13/h5-13,16-17,19-24H,2-3H2,1H3,(H,15,18)/t5-,6-,7+,8+,9+,10+,11-,12-,13-,14?/m1/s1. The minimum atomic E-state index is -2.72. The van der Waals surface area contributed by atoms with Crippen LogP contribution in [0.4, 0.5) is 0 Å². The van der Waals surface area contributed by atoms with Gasteiger partial charge in [0.1, 0.15) is 54.9 Å². The first kappa shape index (κ1) is 21.4. The van der Waals surface area contributed by atoms with Gasteiger partial charge in [-0.25, -0.2) is 0 Å². The number of carbonyl (C=O) groups is 1. The molecule has 0 aromatic heterocycles. The van der Waals surface area contributed by atoms with Gasteiger partial charge in [-0.1, -0.05) is 0 Å². The molecule has 0 radical (unpaired) electrons. The fourth-order valence-corrected chi connectivity index (χ4v) is 3.29. The van der Waals surface area contributed by atoms with Gasteiger partial charge in [0.25, 0.3) is 0 Å². The van der Waals surface area contributed by atoms with Gasteiger partial charge in [-0.05, 0) is 0 Å². The van der Waals surface area contributed by atoms with E-state index in [1.54, 1.807) is 0 Å². The summed E-state index contributed by atoms with van der Waals surface area (Å²) in [4.78, 5) is 11.5. The van der Waals surface area contributed by atoms with Crippen LogP contribution in [0.1, 0.15) is 6.92 Å². The van der Waals surface area contributed by atoms with Crippen LogP contribution in [0.25, 0.3) is 0 Å². The zero-order valence-electron chi connectivity index (χ0n) is 13.9. The molecule has 2 saturated heterocycles. The molecule has 0 aromatic rings. The number of nitrogens with one attached hydrogen (secondary N) is 1. The predicted octanol–water partition coefficient (Wildman–Crippen LogP) is -5.86. The van der Waals surface area contributed by atoms with Crippen LogP contribution in [0.2, 0.25) is 0 Å². The number of carbonyl (C=O) groups excluding carboxylic acids is 1. The van der Waals surface area contributed by atoms with E-state index in [-0.39, 0.29) is 0 Å². The fraction of sp³-hybridized carbons (Fsp3) is 0.929. The van der Waals surface area contributed by atoms with Crippen molar-refractivity contribution in [2.24, 2.45) is 0 Å². The minimum absolute atomic E-state index is 0.727. The minimum Gasteiger partial charge on any atom is -0.394 e. The molecule has 0 bridgehead atoms. The molecule has 1 unspecified atom stereocenters. The summed E-state index contributed by atoms with van der Waals surface area (Å²) in [5, 5.41) is 82.0. The van der Waals surface area contributed by atoms with Crippen LogP contribution in [0.15, 0.2) is 0 Å². The molecule has 2 rings (SSSR count). The van der Waals surface area contributed by atoms with E-state index in [2.05, 4.69) is 5.32 Å². The van der Waals surface area contributed by atoms with Crippen molar-refractivity contribution >= 4 is 5.91 Å². The molecule has 9 N–H and O–H groups in total. The van der Waals surface area contributed by atoms with Crippen molar-refractivity contribution in [3.8, 4) is 0 Å². The molecule has 12 nitrogen and oxygen atoms in total. The van der Waals surface area contributed by atoms with Gasteiger partial charge in [0.05, 0.1) is 13.2 Å². The van der Waals surface area contributed by atoms with Gasteiger partial charge < -0.3 is 55.6 Å². The van der Waals surface area contributed by atoms with Gasteiger partial charge in [0, 0.05) is 6.92 Å². The van der Waals surface area contributed by atoms with Crippen molar-refractivity contribution in [1.29, 1.82) is 0 Å². The topological polar surface area (TPSA) is 209 Å². The second-order valence-corrected chi connectivity index (χ2v) is 6.50. The zero-order valence-corrected chi connectivity index (χ0v) is 13.9. The van der Waals surface area contributed by atoms with E-state index in [0.29, 0.717) is 0 Å². The second kappa shape index (κ2) is 7.98. The summed E-state index contributed by atoms with van der Waals surface area (Å²) in [6, 6.07) is -1.72. The number of ether oxygens (including phenoxy) is 2. The molecular weight excluding hydrogens is 358 g/mol. The Bertz CT molecular complexity index is 505. The van der Waals surface area contributed by atoms with Crippen molar-refractivity contribution in [2.45, 2.75) is 67.6 Å². The van der Waals surface area contributed by atoms with Gasteiger partial charge in [-0.2, -0.15) is 0 Å². The maximum absolute atomic E-state index is 11.5. The highest BCUT2D eigenvalue weighted by molar-refractivity contribution is 5.73.